The van der Waals surface area contributed by atoms with Gasteiger partial charge >= 0.3 is 6.18 Å². The molecule has 0 bridgehead atoms. The highest BCUT2D eigenvalue weighted by Crippen LogP contribution is 2.29. The summed E-state index contributed by atoms with van der Waals surface area (Å²) >= 11 is 0. The minimum absolute atomic E-state index is 0.0541. The average molecular weight is 376 g/mol. The van der Waals surface area contributed by atoms with Gasteiger partial charge in [-0.1, -0.05) is 35.5 Å². The normalized spacial score (nSPS) is 12.6. The third-order valence-corrected chi connectivity index (χ3v) is 3.83. The number of aliphatic hydroxyl groups excluding tert-OH is 1. The zero-order valence-corrected chi connectivity index (χ0v) is 13.9. The van der Waals surface area contributed by atoms with Crippen molar-refractivity contribution >= 4 is 5.91 Å². The van der Waals surface area contributed by atoms with Crippen LogP contribution < -0.4 is 5.32 Å². The number of hydrogen-bond acceptors (Lipinski definition) is 4. The van der Waals surface area contributed by atoms with E-state index in [-0.39, 0.29) is 17.8 Å². The van der Waals surface area contributed by atoms with Crippen molar-refractivity contribution in [2.24, 2.45) is 0 Å². The fourth-order valence-corrected chi connectivity index (χ4v) is 2.37. The molecule has 0 aliphatic heterocycles. The van der Waals surface area contributed by atoms with E-state index in [1.54, 1.807) is 12.1 Å². The molecule has 0 unspecified atom stereocenters. The van der Waals surface area contributed by atoms with Gasteiger partial charge in [-0.3, -0.25) is 4.79 Å². The monoisotopic (exact) mass is 376 g/mol. The number of aliphatic hydroxyl groups is 1. The van der Waals surface area contributed by atoms with Crippen molar-refractivity contribution in [1.29, 1.82) is 0 Å². The number of benzene rings is 2. The molecule has 1 aromatic heterocycles. The van der Waals surface area contributed by atoms with E-state index < -0.39 is 23.8 Å². The van der Waals surface area contributed by atoms with Crippen molar-refractivity contribution in [3.63, 3.8) is 0 Å². The lowest BCUT2D eigenvalue weighted by atomic mass is 10.1. The summed E-state index contributed by atoms with van der Waals surface area (Å²) in [7, 11) is 0. The van der Waals surface area contributed by atoms with Crippen LogP contribution in [0.15, 0.2) is 60.8 Å². The van der Waals surface area contributed by atoms with Crippen LogP contribution in [0.5, 0.6) is 0 Å². The summed E-state index contributed by atoms with van der Waals surface area (Å²) in [5.41, 5.74) is 0.239. The predicted molar refractivity (Wildman–Crippen MR) is 90.1 cm³/mol. The quantitative estimate of drug-likeness (QED) is 0.718. The molecule has 0 spiro atoms. The van der Waals surface area contributed by atoms with Crippen LogP contribution >= 0.6 is 0 Å². The van der Waals surface area contributed by atoms with Crippen molar-refractivity contribution in [2.75, 3.05) is 6.54 Å². The van der Waals surface area contributed by atoms with Gasteiger partial charge in [0.05, 0.1) is 23.6 Å². The second-order valence-electron chi connectivity index (χ2n) is 5.73. The van der Waals surface area contributed by atoms with Crippen LogP contribution in [0, 0.1) is 0 Å². The minimum Gasteiger partial charge on any atom is -0.387 e. The second-order valence-corrected chi connectivity index (χ2v) is 5.73. The summed E-state index contributed by atoms with van der Waals surface area (Å²) in [5.74, 6) is -0.553. The first-order valence-corrected chi connectivity index (χ1v) is 7.96. The zero-order valence-electron chi connectivity index (χ0n) is 13.9. The van der Waals surface area contributed by atoms with Crippen LogP contribution in [-0.4, -0.2) is 32.6 Å². The summed E-state index contributed by atoms with van der Waals surface area (Å²) in [5, 5.41) is 20.2. The van der Waals surface area contributed by atoms with Crippen LogP contribution in [0.2, 0.25) is 0 Å². The molecule has 3 aromatic rings. The van der Waals surface area contributed by atoms with Gasteiger partial charge in [0.15, 0.2) is 5.69 Å². The van der Waals surface area contributed by atoms with Gasteiger partial charge in [0.1, 0.15) is 0 Å². The molecule has 0 saturated carbocycles. The summed E-state index contributed by atoms with van der Waals surface area (Å²) in [4.78, 5) is 12.1. The number of carbonyl (C=O) groups is 1. The fraction of sp³-hybridized carbons (Fsp3) is 0.167. The first kappa shape index (κ1) is 18.6. The Morgan fingerprint density at radius 3 is 2.41 bits per heavy atom. The van der Waals surface area contributed by atoms with Gasteiger partial charge in [-0.25, -0.2) is 4.68 Å². The Bertz CT molecular complexity index is 908. The first-order valence-electron chi connectivity index (χ1n) is 7.96. The number of carbonyl (C=O) groups excluding carboxylic acids is 1. The van der Waals surface area contributed by atoms with E-state index in [1.165, 1.54) is 23.0 Å². The number of alkyl halides is 3. The van der Waals surface area contributed by atoms with Crippen molar-refractivity contribution in [2.45, 2.75) is 12.3 Å². The standard InChI is InChI=1S/C18H15F3N4O2/c19-18(20,21)13-8-6-12(7-9-13)16(26)10-22-17(27)15-11-25(24-23-15)14-4-2-1-3-5-14/h1-9,11,16,26H,10H2,(H,22,27)/t16-/m0/s1. The summed E-state index contributed by atoms with van der Waals surface area (Å²) in [6, 6.07) is 13.2. The molecule has 27 heavy (non-hydrogen) atoms. The predicted octanol–water partition coefficient (Wildman–Crippen LogP) is 2.75. The van der Waals surface area contributed by atoms with Crippen LogP contribution in [-0.2, 0) is 6.18 Å². The van der Waals surface area contributed by atoms with Crippen molar-refractivity contribution < 1.29 is 23.1 Å². The van der Waals surface area contributed by atoms with Gasteiger partial charge in [0.25, 0.3) is 5.91 Å². The number of nitrogens with zero attached hydrogens (tertiary/aromatic N) is 3. The maximum Gasteiger partial charge on any atom is 0.416 e. The van der Waals surface area contributed by atoms with Gasteiger partial charge in [-0.05, 0) is 29.8 Å². The molecule has 6 nitrogen and oxygen atoms in total. The molecule has 0 saturated heterocycles. The smallest absolute Gasteiger partial charge is 0.387 e. The summed E-state index contributed by atoms with van der Waals surface area (Å²) in [6.07, 6.45) is -4.15. The number of hydrogen-bond donors (Lipinski definition) is 2. The molecule has 2 N–H and O–H groups in total. The van der Waals surface area contributed by atoms with Crippen molar-refractivity contribution in [3.05, 3.63) is 77.6 Å². The molecule has 1 heterocycles. The number of amides is 1. The Hall–Kier alpha value is -3.20. The second kappa shape index (κ2) is 7.58. The third kappa shape index (κ3) is 4.50. The highest BCUT2D eigenvalue weighted by molar-refractivity contribution is 5.91. The number of para-hydroxylation sites is 1. The van der Waals surface area contributed by atoms with Crippen LogP contribution in [0.25, 0.3) is 5.69 Å². The number of rotatable bonds is 5. The molecule has 0 aliphatic rings. The van der Waals surface area contributed by atoms with Crippen molar-refractivity contribution in [3.8, 4) is 5.69 Å². The molecule has 1 amide bonds. The summed E-state index contributed by atoms with van der Waals surface area (Å²) < 4.78 is 39.1. The SMILES string of the molecule is O=C(NC[C@H](O)c1ccc(C(F)(F)F)cc1)c1cn(-c2ccccc2)nn1. The van der Waals surface area contributed by atoms with Gasteiger partial charge in [-0.15, -0.1) is 5.10 Å². The van der Waals surface area contributed by atoms with E-state index in [9.17, 15) is 23.1 Å². The van der Waals surface area contributed by atoms with Crippen LogP contribution in [0.4, 0.5) is 13.2 Å². The van der Waals surface area contributed by atoms with Gasteiger partial charge < -0.3 is 10.4 Å². The molecule has 3 rings (SSSR count). The topological polar surface area (TPSA) is 80.0 Å². The van der Waals surface area contributed by atoms with Gasteiger partial charge in [-0.2, -0.15) is 13.2 Å². The van der Waals surface area contributed by atoms with E-state index in [4.69, 9.17) is 0 Å². The third-order valence-electron chi connectivity index (χ3n) is 3.83. The van der Waals surface area contributed by atoms with Crippen LogP contribution in [0.3, 0.4) is 0 Å². The van der Waals surface area contributed by atoms with Crippen molar-refractivity contribution in [1.82, 2.24) is 20.3 Å². The lowest BCUT2D eigenvalue weighted by molar-refractivity contribution is -0.137. The largest absolute Gasteiger partial charge is 0.416 e. The molecular formula is C18H15F3N4O2. The number of aromatic nitrogens is 3. The lowest BCUT2D eigenvalue weighted by Crippen LogP contribution is -2.28. The first-order chi connectivity index (χ1) is 12.8. The van der Waals surface area contributed by atoms with Gasteiger partial charge in [0, 0.05) is 6.54 Å². The Morgan fingerprint density at radius 2 is 1.78 bits per heavy atom. The Balaban J connectivity index is 1.60. The molecule has 0 fully saturated rings. The molecule has 0 aliphatic carbocycles. The molecule has 0 radical (unpaired) electrons. The molecule has 9 heteroatoms. The minimum atomic E-state index is -4.44. The highest BCUT2D eigenvalue weighted by Gasteiger charge is 2.30. The Kier molecular flexibility index (Phi) is 5.22. The molecule has 2 aromatic carbocycles. The maximum absolute atomic E-state index is 12.6. The molecule has 140 valence electrons. The molecular weight excluding hydrogens is 361 g/mol. The highest BCUT2D eigenvalue weighted by atomic mass is 19.4. The van der Waals surface area contributed by atoms with Crippen LogP contribution in [0.1, 0.15) is 27.7 Å². The average Bonchev–Trinajstić information content (AvgIpc) is 3.16. The Morgan fingerprint density at radius 1 is 1.11 bits per heavy atom. The van der Waals surface area contributed by atoms with E-state index in [2.05, 4.69) is 15.6 Å². The fourth-order valence-electron chi connectivity index (χ4n) is 2.37. The summed E-state index contributed by atoms with van der Waals surface area (Å²) in [6.45, 7) is -0.178. The molecule has 1 atom stereocenters. The Labute approximate surface area is 152 Å². The van der Waals surface area contributed by atoms with E-state index >= 15 is 0 Å². The van der Waals surface area contributed by atoms with E-state index in [1.807, 2.05) is 18.2 Å². The van der Waals surface area contributed by atoms with E-state index in [0.717, 1.165) is 17.8 Å². The number of halogens is 3. The van der Waals surface area contributed by atoms with Gasteiger partial charge in [0.2, 0.25) is 0 Å². The zero-order chi connectivity index (χ0) is 19.4. The number of nitrogens with one attached hydrogen (secondary N) is 1. The van der Waals surface area contributed by atoms with E-state index in [0.29, 0.717) is 0 Å². The lowest BCUT2D eigenvalue weighted by Gasteiger charge is -2.13. The maximum atomic E-state index is 12.6.